The zero-order chi connectivity index (χ0) is 11.9. The molecule has 0 atom stereocenters. The Labute approximate surface area is 108 Å². The number of benzene rings is 1. The van der Waals surface area contributed by atoms with Gasteiger partial charge in [0.25, 0.3) is 0 Å². The van der Waals surface area contributed by atoms with Crippen molar-refractivity contribution >= 4 is 55.7 Å². The Morgan fingerprint density at radius 3 is 2.69 bits per heavy atom. The summed E-state index contributed by atoms with van der Waals surface area (Å²) in [5.41, 5.74) is 0.146. The van der Waals surface area contributed by atoms with Crippen LogP contribution in [0.5, 0.6) is 0 Å². The minimum atomic E-state index is -0.640. The van der Waals surface area contributed by atoms with Gasteiger partial charge in [-0.05, 0) is 18.2 Å². The molecule has 0 aliphatic rings. The second-order valence-corrected chi connectivity index (χ2v) is 4.64. The van der Waals surface area contributed by atoms with Gasteiger partial charge in [-0.3, -0.25) is 10.1 Å². The molecule has 0 amide bonds. The predicted molar refractivity (Wildman–Crippen MR) is 66.1 cm³/mol. The maximum Gasteiger partial charge on any atom is 0.325 e. The number of fused-ring (bicyclic) bond motifs is 1. The summed E-state index contributed by atoms with van der Waals surface area (Å²) in [5, 5.41) is 11.0. The van der Waals surface area contributed by atoms with E-state index in [0.717, 1.165) is 4.47 Å². The molecule has 7 heteroatoms. The zero-order valence-corrected chi connectivity index (χ0v) is 10.7. The highest BCUT2D eigenvalue weighted by atomic mass is 79.9. The number of nitrogens with zero attached hydrogens (tertiary/aromatic N) is 2. The lowest BCUT2D eigenvalue weighted by molar-refractivity contribution is -0.384. The van der Waals surface area contributed by atoms with Gasteiger partial charge in [-0.2, -0.15) is 0 Å². The van der Waals surface area contributed by atoms with Gasteiger partial charge in [0, 0.05) is 9.86 Å². The van der Waals surface area contributed by atoms with Crippen molar-refractivity contribution in [2.24, 2.45) is 0 Å². The first-order valence-electron chi connectivity index (χ1n) is 4.09. The van der Waals surface area contributed by atoms with Gasteiger partial charge in [-0.1, -0.05) is 39.1 Å². The van der Waals surface area contributed by atoms with Crippen molar-refractivity contribution in [1.29, 1.82) is 0 Å². The summed E-state index contributed by atoms with van der Waals surface area (Å²) in [7, 11) is 0. The fourth-order valence-electron chi connectivity index (χ4n) is 1.32. The number of pyridine rings is 1. The molecule has 82 valence electrons. The Hall–Kier alpha value is -0.910. The molecule has 0 fully saturated rings. The van der Waals surface area contributed by atoms with Crippen molar-refractivity contribution in [3.05, 3.63) is 43.0 Å². The number of nitro groups is 1. The number of aromatic nitrogens is 1. The molecule has 0 spiro atoms. The van der Waals surface area contributed by atoms with Crippen LogP contribution in [0.4, 0.5) is 5.69 Å². The molecule has 16 heavy (non-hydrogen) atoms. The molecule has 0 saturated carbocycles. The molecule has 0 aliphatic heterocycles. The average molecular weight is 322 g/mol. The quantitative estimate of drug-likeness (QED) is 0.449. The van der Waals surface area contributed by atoms with Crippen LogP contribution in [0.15, 0.2) is 22.7 Å². The SMILES string of the molecule is O=[N+]([O-])c1c(Cl)nc2cc(Br)ccc2c1Cl. The van der Waals surface area contributed by atoms with E-state index < -0.39 is 4.92 Å². The van der Waals surface area contributed by atoms with Crippen LogP contribution < -0.4 is 0 Å². The van der Waals surface area contributed by atoms with Gasteiger partial charge in [0.15, 0.2) is 0 Å². The number of halogens is 3. The molecular weight excluding hydrogens is 319 g/mol. The van der Waals surface area contributed by atoms with E-state index >= 15 is 0 Å². The van der Waals surface area contributed by atoms with Gasteiger partial charge in [-0.25, -0.2) is 4.98 Å². The highest BCUT2D eigenvalue weighted by molar-refractivity contribution is 9.10. The van der Waals surface area contributed by atoms with E-state index in [1.165, 1.54) is 0 Å². The van der Waals surface area contributed by atoms with E-state index in [1.54, 1.807) is 18.2 Å². The Balaban J connectivity index is 2.89. The van der Waals surface area contributed by atoms with Crippen molar-refractivity contribution in [3.63, 3.8) is 0 Å². The third kappa shape index (κ3) is 1.86. The lowest BCUT2D eigenvalue weighted by Gasteiger charge is -2.03. The summed E-state index contributed by atoms with van der Waals surface area (Å²) in [4.78, 5) is 14.0. The molecule has 0 aliphatic carbocycles. The van der Waals surface area contributed by atoms with Crippen molar-refractivity contribution < 1.29 is 4.92 Å². The first-order valence-corrected chi connectivity index (χ1v) is 5.64. The van der Waals surface area contributed by atoms with Crippen molar-refractivity contribution in [2.45, 2.75) is 0 Å². The van der Waals surface area contributed by atoms with Crippen molar-refractivity contribution in [1.82, 2.24) is 4.98 Å². The average Bonchev–Trinajstić information content (AvgIpc) is 2.15. The Morgan fingerprint density at radius 1 is 1.38 bits per heavy atom. The third-order valence-electron chi connectivity index (χ3n) is 2.00. The summed E-state index contributed by atoms with van der Waals surface area (Å²) >= 11 is 14.9. The second kappa shape index (κ2) is 4.16. The Kier molecular flexibility index (Phi) is 3.01. The van der Waals surface area contributed by atoms with Gasteiger partial charge in [0.05, 0.1) is 10.4 Å². The van der Waals surface area contributed by atoms with Crippen LogP contribution in [0.25, 0.3) is 10.9 Å². The van der Waals surface area contributed by atoms with Gasteiger partial charge in [0.2, 0.25) is 5.15 Å². The van der Waals surface area contributed by atoms with E-state index in [2.05, 4.69) is 20.9 Å². The predicted octanol–water partition coefficient (Wildman–Crippen LogP) is 4.21. The highest BCUT2D eigenvalue weighted by Gasteiger charge is 2.22. The molecule has 0 radical (unpaired) electrons. The first-order chi connectivity index (χ1) is 7.50. The molecule has 1 aromatic carbocycles. The third-order valence-corrected chi connectivity index (χ3v) is 3.14. The summed E-state index contributed by atoms with van der Waals surface area (Å²) < 4.78 is 0.800. The summed E-state index contributed by atoms with van der Waals surface area (Å²) in [6, 6.07) is 5.07. The van der Waals surface area contributed by atoms with Crippen LogP contribution in [0, 0.1) is 10.1 Å². The van der Waals surface area contributed by atoms with Crippen molar-refractivity contribution in [2.75, 3.05) is 0 Å². The van der Waals surface area contributed by atoms with Gasteiger partial charge in [0.1, 0.15) is 5.02 Å². The summed E-state index contributed by atoms with van der Waals surface area (Å²) in [5.74, 6) is 0. The number of hydrogen-bond acceptors (Lipinski definition) is 3. The maximum atomic E-state index is 10.7. The van der Waals surface area contributed by atoms with Crippen LogP contribution in [0.2, 0.25) is 10.2 Å². The molecule has 1 aromatic heterocycles. The van der Waals surface area contributed by atoms with Crippen LogP contribution >= 0.6 is 39.1 Å². The lowest BCUT2D eigenvalue weighted by atomic mass is 10.2. The first kappa shape index (κ1) is 11.6. The molecule has 4 nitrogen and oxygen atoms in total. The fraction of sp³-hybridized carbons (Fsp3) is 0. The summed E-state index contributed by atoms with van der Waals surface area (Å²) in [6.45, 7) is 0. The molecule has 1 heterocycles. The van der Waals surface area contributed by atoms with Crippen molar-refractivity contribution in [3.8, 4) is 0 Å². The van der Waals surface area contributed by atoms with E-state index in [0.29, 0.717) is 10.9 Å². The molecular formula is C9H3BrCl2N2O2. The lowest BCUT2D eigenvalue weighted by Crippen LogP contribution is -1.94. The number of rotatable bonds is 1. The number of hydrogen-bond donors (Lipinski definition) is 0. The minimum absolute atomic E-state index is 0.00694. The molecule has 2 rings (SSSR count). The van der Waals surface area contributed by atoms with E-state index in [4.69, 9.17) is 23.2 Å². The van der Waals surface area contributed by atoms with Crippen LogP contribution in [0.3, 0.4) is 0 Å². The van der Waals surface area contributed by atoms with Crippen LogP contribution in [-0.4, -0.2) is 9.91 Å². The topological polar surface area (TPSA) is 56.0 Å². The molecule has 2 aromatic rings. The Morgan fingerprint density at radius 2 is 2.06 bits per heavy atom. The van der Waals surface area contributed by atoms with Gasteiger partial charge in [-0.15, -0.1) is 0 Å². The van der Waals surface area contributed by atoms with E-state index in [1.807, 2.05) is 0 Å². The van der Waals surface area contributed by atoms with Gasteiger partial charge < -0.3 is 0 Å². The standard InChI is InChI=1S/C9H3BrCl2N2O2/c10-4-1-2-5-6(3-4)13-9(12)8(7(5)11)14(15)16/h1-3H. The molecule has 0 bridgehead atoms. The molecule has 0 N–H and O–H groups in total. The molecule has 0 saturated heterocycles. The smallest absolute Gasteiger partial charge is 0.258 e. The molecule has 0 unspecified atom stereocenters. The maximum absolute atomic E-state index is 10.7. The Bertz CT molecular complexity index is 604. The highest BCUT2D eigenvalue weighted by Crippen LogP contribution is 2.37. The monoisotopic (exact) mass is 320 g/mol. The van der Waals surface area contributed by atoms with Crippen LogP contribution in [0.1, 0.15) is 0 Å². The normalized spacial score (nSPS) is 10.7. The zero-order valence-electron chi connectivity index (χ0n) is 7.58. The van der Waals surface area contributed by atoms with Crippen LogP contribution in [-0.2, 0) is 0 Å². The second-order valence-electron chi connectivity index (χ2n) is 2.98. The summed E-state index contributed by atoms with van der Waals surface area (Å²) in [6.07, 6.45) is 0. The van der Waals surface area contributed by atoms with Gasteiger partial charge >= 0.3 is 5.69 Å². The fourth-order valence-corrected chi connectivity index (χ4v) is 2.29. The van der Waals surface area contributed by atoms with E-state index in [-0.39, 0.29) is 15.9 Å². The minimum Gasteiger partial charge on any atom is -0.258 e. The largest absolute Gasteiger partial charge is 0.325 e. The van der Waals surface area contributed by atoms with E-state index in [9.17, 15) is 10.1 Å².